The predicted molar refractivity (Wildman–Crippen MR) is 94.1 cm³/mol. The van der Waals surface area contributed by atoms with Gasteiger partial charge in [0.15, 0.2) is 0 Å². The second-order valence-electron chi connectivity index (χ2n) is 6.23. The molecule has 1 heterocycles. The Labute approximate surface area is 142 Å². The van der Waals surface area contributed by atoms with Crippen molar-refractivity contribution in [2.45, 2.75) is 32.2 Å². The first-order chi connectivity index (χ1) is 11.4. The van der Waals surface area contributed by atoms with Gasteiger partial charge in [0.25, 0.3) is 5.91 Å². The lowest BCUT2D eigenvalue weighted by molar-refractivity contribution is 0.0929. The van der Waals surface area contributed by atoms with Gasteiger partial charge in [-0.05, 0) is 29.5 Å². The molecule has 0 saturated heterocycles. The molecule has 24 heavy (non-hydrogen) atoms. The molecule has 0 radical (unpaired) electrons. The van der Waals surface area contributed by atoms with Gasteiger partial charge < -0.3 is 15.0 Å². The summed E-state index contributed by atoms with van der Waals surface area (Å²) < 4.78 is 1.37. The van der Waals surface area contributed by atoms with E-state index in [1.807, 2.05) is 24.3 Å². The third kappa shape index (κ3) is 4.32. The van der Waals surface area contributed by atoms with E-state index in [2.05, 4.69) is 19.2 Å². The van der Waals surface area contributed by atoms with E-state index in [1.54, 1.807) is 7.05 Å². The molecule has 1 atom stereocenters. The third-order valence-corrected chi connectivity index (χ3v) is 4.08. The zero-order chi connectivity index (χ0) is 17.7. The number of aliphatic hydroxyl groups is 1. The van der Waals surface area contributed by atoms with Crippen LogP contribution >= 0.6 is 0 Å². The number of pyridine rings is 1. The van der Waals surface area contributed by atoms with E-state index in [4.69, 9.17) is 0 Å². The topological polar surface area (TPSA) is 71.3 Å². The molecule has 0 unspecified atom stereocenters. The number of hydrogen-bond acceptors (Lipinski definition) is 3. The second-order valence-corrected chi connectivity index (χ2v) is 6.23. The first-order valence-electron chi connectivity index (χ1n) is 8.10. The summed E-state index contributed by atoms with van der Waals surface area (Å²) in [5.41, 5.74) is 2.43. The summed E-state index contributed by atoms with van der Waals surface area (Å²) in [5.74, 6) is 0.174. The number of aryl methyl sites for hydroxylation is 1. The summed E-state index contributed by atoms with van der Waals surface area (Å²) in [6.45, 7) is 4.23. The minimum Gasteiger partial charge on any atom is -0.396 e. The van der Waals surface area contributed by atoms with Crippen molar-refractivity contribution in [2.24, 2.45) is 7.05 Å². The molecule has 1 aromatic heterocycles. The van der Waals surface area contributed by atoms with Crippen molar-refractivity contribution in [1.29, 1.82) is 0 Å². The highest BCUT2D eigenvalue weighted by Gasteiger charge is 2.16. The highest BCUT2D eigenvalue weighted by Crippen LogP contribution is 2.21. The number of rotatable bonds is 6. The maximum atomic E-state index is 12.4. The van der Waals surface area contributed by atoms with Crippen LogP contribution in [0.15, 0.2) is 47.4 Å². The van der Waals surface area contributed by atoms with Gasteiger partial charge in [-0.3, -0.25) is 9.59 Å². The number of nitrogens with one attached hydrogen (secondary N) is 1. The SMILES string of the molecule is CC(C)c1ccc([C@H](CCO)NC(=O)c2ccc(=O)n(C)c2)cc1. The lowest BCUT2D eigenvalue weighted by atomic mass is 9.97. The molecule has 0 aliphatic heterocycles. The maximum absolute atomic E-state index is 12.4. The average Bonchev–Trinajstić information content (AvgIpc) is 2.57. The van der Waals surface area contributed by atoms with Gasteiger partial charge in [0, 0.05) is 25.9 Å². The number of amides is 1. The van der Waals surface area contributed by atoms with E-state index in [9.17, 15) is 14.7 Å². The molecule has 0 fully saturated rings. The van der Waals surface area contributed by atoms with Gasteiger partial charge in [-0.25, -0.2) is 0 Å². The fourth-order valence-electron chi connectivity index (χ4n) is 2.53. The van der Waals surface area contributed by atoms with Crippen LogP contribution in [0.2, 0.25) is 0 Å². The number of carbonyl (C=O) groups excluding carboxylic acids is 1. The number of benzene rings is 1. The molecule has 0 spiro atoms. The maximum Gasteiger partial charge on any atom is 0.253 e. The number of hydrogen-bond donors (Lipinski definition) is 2. The number of aliphatic hydroxyl groups excluding tert-OH is 1. The van der Waals surface area contributed by atoms with Crippen LogP contribution < -0.4 is 10.9 Å². The average molecular weight is 328 g/mol. The molecular formula is C19H24N2O3. The van der Waals surface area contributed by atoms with E-state index in [0.717, 1.165) is 5.56 Å². The minimum atomic E-state index is -0.277. The van der Waals surface area contributed by atoms with Crippen LogP contribution in [0.4, 0.5) is 0 Å². The molecular weight excluding hydrogens is 304 g/mol. The monoisotopic (exact) mass is 328 g/mol. The Balaban J connectivity index is 2.19. The van der Waals surface area contributed by atoms with E-state index >= 15 is 0 Å². The Bertz CT molecular complexity index is 748. The van der Waals surface area contributed by atoms with Crippen molar-refractivity contribution in [1.82, 2.24) is 9.88 Å². The van der Waals surface area contributed by atoms with Gasteiger partial charge in [-0.1, -0.05) is 38.1 Å². The van der Waals surface area contributed by atoms with Crippen LogP contribution in [0.25, 0.3) is 0 Å². The van der Waals surface area contributed by atoms with Gasteiger partial charge in [0.1, 0.15) is 0 Å². The molecule has 0 saturated carbocycles. The number of aromatic nitrogens is 1. The van der Waals surface area contributed by atoms with Gasteiger partial charge in [-0.2, -0.15) is 0 Å². The standard InChI is InChI=1S/C19H24N2O3/c1-13(2)14-4-6-15(7-5-14)17(10-11-22)20-19(24)16-8-9-18(23)21(3)12-16/h4-9,12-13,17,22H,10-11H2,1-3H3,(H,20,24)/t17-/m0/s1. The summed E-state index contributed by atoms with van der Waals surface area (Å²) in [4.78, 5) is 23.9. The summed E-state index contributed by atoms with van der Waals surface area (Å²) >= 11 is 0. The largest absolute Gasteiger partial charge is 0.396 e. The summed E-state index contributed by atoms with van der Waals surface area (Å²) in [6, 6.07) is 10.7. The van der Waals surface area contributed by atoms with Crippen LogP contribution in [-0.2, 0) is 7.05 Å². The van der Waals surface area contributed by atoms with E-state index in [0.29, 0.717) is 17.9 Å². The molecule has 5 heteroatoms. The van der Waals surface area contributed by atoms with E-state index < -0.39 is 0 Å². The quantitative estimate of drug-likeness (QED) is 0.855. The molecule has 2 aromatic rings. The van der Waals surface area contributed by atoms with Gasteiger partial charge >= 0.3 is 0 Å². The number of nitrogens with zero attached hydrogens (tertiary/aromatic N) is 1. The Hall–Kier alpha value is -2.40. The first-order valence-corrected chi connectivity index (χ1v) is 8.10. The van der Waals surface area contributed by atoms with Gasteiger partial charge in [-0.15, -0.1) is 0 Å². The fourth-order valence-corrected chi connectivity index (χ4v) is 2.53. The van der Waals surface area contributed by atoms with Crippen LogP contribution in [-0.4, -0.2) is 22.2 Å². The fraction of sp³-hybridized carbons (Fsp3) is 0.368. The van der Waals surface area contributed by atoms with E-state index in [1.165, 1.54) is 28.5 Å². The lowest BCUT2D eigenvalue weighted by Gasteiger charge is -2.19. The summed E-state index contributed by atoms with van der Waals surface area (Å²) in [5, 5.41) is 12.2. The Morgan fingerprint density at radius 3 is 2.29 bits per heavy atom. The molecule has 128 valence electrons. The smallest absolute Gasteiger partial charge is 0.253 e. The van der Waals surface area contributed by atoms with Crippen LogP contribution in [0, 0.1) is 0 Å². The lowest BCUT2D eigenvalue weighted by Crippen LogP contribution is -2.30. The molecule has 1 aromatic carbocycles. The van der Waals surface area contributed by atoms with Crippen LogP contribution in [0.1, 0.15) is 53.7 Å². The Morgan fingerprint density at radius 2 is 1.75 bits per heavy atom. The Morgan fingerprint density at radius 1 is 1.12 bits per heavy atom. The van der Waals surface area contributed by atoms with Gasteiger partial charge in [0.2, 0.25) is 5.56 Å². The second kappa shape index (κ2) is 7.93. The van der Waals surface area contributed by atoms with Crippen LogP contribution in [0.5, 0.6) is 0 Å². The van der Waals surface area contributed by atoms with Crippen molar-refractivity contribution >= 4 is 5.91 Å². The summed E-state index contributed by atoms with van der Waals surface area (Å²) in [7, 11) is 1.61. The highest BCUT2D eigenvalue weighted by atomic mass is 16.3. The number of carbonyl (C=O) groups is 1. The molecule has 0 aliphatic rings. The molecule has 0 bridgehead atoms. The molecule has 1 amide bonds. The predicted octanol–water partition coefficient (Wildman–Crippen LogP) is 2.36. The van der Waals surface area contributed by atoms with Crippen molar-refractivity contribution < 1.29 is 9.90 Å². The van der Waals surface area contributed by atoms with Gasteiger partial charge in [0.05, 0.1) is 11.6 Å². The van der Waals surface area contributed by atoms with Crippen molar-refractivity contribution in [2.75, 3.05) is 6.61 Å². The minimum absolute atomic E-state index is 0.0237. The molecule has 2 rings (SSSR count). The first kappa shape index (κ1) is 17.9. The molecule has 0 aliphatic carbocycles. The van der Waals surface area contributed by atoms with E-state index in [-0.39, 0.29) is 24.1 Å². The van der Waals surface area contributed by atoms with Crippen molar-refractivity contribution in [3.8, 4) is 0 Å². The Kier molecular flexibility index (Phi) is 5.93. The van der Waals surface area contributed by atoms with Crippen molar-refractivity contribution in [3.63, 3.8) is 0 Å². The highest BCUT2D eigenvalue weighted by molar-refractivity contribution is 5.94. The normalized spacial score (nSPS) is 12.2. The molecule has 2 N–H and O–H groups in total. The summed E-state index contributed by atoms with van der Waals surface area (Å²) in [6.07, 6.45) is 1.94. The zero-order valence-corrected chi connectivity index (χ0v) is 14.3. The zero-order valence-electron chi connectivity index (χ0n) is 14.3. The van der Waals surface area contributed by atoms with Crippen LogP contribution in [0.3, 0.4) is 0 Å². The molecule has 5 nitrogen and oxygen atoms in total. The van der Waals surface area contributed by atoms with Crippen molar-refractivity contribution in [3.05, 3.63) is 69.6 Å². The third-order valence-electron chi connectivity index (χ3n) is 4.08.